The number of nitrogens with zero attached hydrogens (tertiary/aromatic N) is 2. The number of carboxylic acids is 1. The molecule has 0 aliphatic rings. The zero-order valence-electron chi connectivity index (χ0n) is 17.3. The third-order valence-electron chi connectivity index (χ3n) is 4.61. The number of phenolic OH excluding ortho intramolecular Hbond substituents is 1. The van der Waals surface area contributed by atoms with Crippen molar-refractivity contribution in [3.8, 4) is 5.75 Å². The van der Waals surface area contributed by atoms with Gasteiger partial charge < -0.3 is 20.2 Å². The van der Waals surface area contributed by atoms with Crippen LogP contribution in [0.2, 0.25) is 0 Å². The summed E-state index contributed by atoms with van der Waals surface area (Å²) in [7, 11) is 0. The summed E-state index contributed by atoms with van der Waals surface area (Å²) in [4.78, 5) is 28.6. The van der Waals surface area contributed by atoms with Gasteiger partial charge in [0.1, 0.15) is 5.75 Å². The summed E-state index contributed by atoms with van der Waals surface area (Å²) in [5, 5.41) is 26.7. The van der Waals surface area contributed by atoms with Crippen LogP contribution in [0.1, 0.15) is 34.3 Å². The van der Waals surface area contributed by atoms with Gasteiger partial charge in [0.05, 0.1) is 18.1 Å². The lowest BCUT2D eigenvalue weighted by molar-refractivity contribution is -0.134. The number of aliphatic hydroxyl groups is 1. The summed E-state index contributed by atoms with van der Waals surface area (Å²) in [6, 6.07) is 18.6. The number of pyridine rings is 1. The Hall–Kier alpha value is -3.71. The number of carboxylic acid groups (broad SMARTS) is 1. The zero-order valence-corrected chi connectivity index (χ0v) is 17.3. The van der Waals surface area contributed by atoms with Crippen LogP contribution in [0.15, 0.2) is 79.1 Å². The highest BCUT2D eigenvalue weighted by molar-refractivity contribution is 5.87. The quantitative estimate of drug-likeness (QED) is 0.539. The highest BCUT2D eigenvalue weighted by Crippen LogP contribution is 2.19. The van der Waals surface area contributed by atoms with Crippen molar-refractivity contribution < 1.29 is 24.9 Å². The normalized spacial score (nSPS) is 11.0. The number of aromatic carboxylic acids is 1. The maximum Gasteiger partial charge on any atom is 0.335 e. The number of carbonyl (C=O) groups is 2. The number of rotatable bonds is 7. The number of aromatic nitrogens is 1. The van der Waals surface area contributed by atoms with E-state index in [2.05, 4.69) is 4.98 Å². The molecule has 0 spiro atoms. The molecule has 0 fully saturated rings. The molecule has 31 heavy (non-hydrogen) atoms. The Balaban J connectivity index is 0.000000285. The second-order valence-electron chi connectivity index (χ2n) is 6.71. The highest BCUT2D eigenvalue weighted by atomic mass is 16.4. The van der Waals surface area contributed by atoms with Crippen LogP contribution in [-0.2, 0) is 11.3 Å². The fraction of sp³-hybridized carbons (Fsp3) is 0.208. The van der Waals surface area contributed by atoms with E-state index in [1.165, 1.54) is 24.3 Å². The smallest absolute Gasteiger partial charge is 0.335 e. The molecule has 0 saturated carbocycles. The summed E-state index contributed by atoms with van der Waals surface area (Å²) in [6.07, 6.45) is 3.43. The van der Waals surface area contributed by atoms with Crippen molar-refractivity contribution in [2.45, 2.75) is 19.4 Å². The molecule has 0 aliphatic carbocycles. The molecular weight excluding hydrogens is 396 g/mol. The number of hydrogen-bond acceptors (Lipinski definition) is 5. The van der Waals surface area contributed by atoms with E-state index >= 15 is 0 Å². The van der Waals surface area contributed by atoms with E-state index in [4.69, 9.17) is 10.2 Å². The molecule has 1 atom stereocenters. The van der Waals surface area contributed by atoms with Gasteiger partial charge in [0, 0.05) is 25.5 Å². The second kappa shape index (κ2) is 12.1. The van der Waals surface area contributed by atoms with Crippen LogP contribution in [0.25, 0.3) is 0 Å². The lowest BCUT2D eigenvalue weighted by atomic mass is 9.98. The van der Waals surface area contributed by atoms with Crippen LogP contribution in [0.5, 0.6) is 5.75 Å². The van der Waals surface area contributed by atoms with Gasteiger partial charge in [-0.3, -0.25) is 9.78 Å². The van der Waals surface area contributed by atoms with Gasteiger partial charge in [-0.05, 0) is 54.4 Å². The maximum absolute atomic E-state index is 12.7. The van der Waals surface area contributed by atoms with E-state index in [0.717, 1.165) is 11.1 Å². The summed E-state index contributed by atoms with van der Waals surface area (Å²) in [6.45, 7) is 2.89. The molecule has 3 aromatic rings. The third kappa shape index (κ3) is 7.24. The molecule has 1 heterocycles. The standard InChI is InChI=1S/C17H20N2O2.C7H6O3/c1-2-19(12-14-8-10-18-11-9-14)17(21)16(13-20)15-6-4-3-5-7-15;8-6-3-1-5(2-4-6)7(9)10/h3-11,16,20H,2,12-13H2,1H3;1-4,8H,(H,9,10). The van der Waals surface area contributed by atoms with Crippen molar-refractivity contribution in [1.82, 2.24) is 9.88 Å². The average Bonchev–Trinajstić information content (AvgIpc) is 2.80. The van der Waals surface area contributed by atoms with E-state index in [0.29, 0.717) is 13.1 Å². The molecule has 1 amide bonds. The van der Waals surface area contributed by atoms with Crippen LogP contribution < -0.4 is 0 Å². The van der Waals surface area contributed by atoms with Crippen LogP contribution in [0.4, 0.5) is 0 Å². The lowest BCUT2D eigenvalue weighted by Gasteiger charge is -2.25. The number of likely N-dealkylation sites (N-methyl/N-ethyl adjacent to an activating group) is 1. The molecule has 7 heteroatoms. The lowest BCUT2D eigenvalue weighted by Crippen LogP contribution is -2.36. The molecule has 7 nitrogen and oxygen atoms in total. The van der Waals surface area contributed by atoms with Crippen LogP contribution in [-0.4, -0.2) is 50.2 Å². The molecular formula is C24H26N2O5. The van der Waals surface area contributed by atoms with E-state index in [1.807, 2.05) is 49.4 Å². The Kier molecular flexibility index (Phi) is 9.19. The summed E-state index contributed by atoms with van der Waals surface area (Å²) in [5.74, 6) is -1.47. The first-order valence-corrected chi connectivity index (χ1v) is 9.82. The molecule has 3 rings (SSSR count). The Morgan fingerprint density at radius 3 is 2.10 bits per heavy atom. The van der Waals surface area contributed by atoms with Gasteiger partial charge in [-0.25, -0.2) is 4.79 Å². The van der Waals surface area contributed by atoms with Crippen LogP contribution in [0.3, 0.4) is 0 Å². The minimum atomic E-state index is -0.986. The average molecular weight is 422 g/mol. The molecule has 2 aromatic carbocycles. The zero-order chi connectivity index (χ0) is 22.6. The first-order chi connectivity index (χ1) is 15.0. The van der Waals surface area contributed by atoms with Crippen molar-refractivity contribution in [1.29, 1.82) is 0 Å². The van der Waals surface area contributed by atoms with Crippen LogP contribution >= 0.6 is 0 Å². The topological polar surface area (TPSA) is 111 Å². The van der Waals surface area contributed by atoms with E-state index < -0.39 is 11.9 Å². The number of amides is 1. The molecule has 3 N–H and O–H groups in total. The molecule has 162 valence electrons. The SMILES string of the molecule is CCN(Cc1ccncc1)C(=O)C(CO)c1ccccc1.O=C(O)c1ccc(O)cc1. The molecule has 0 bridgehead atoms. The monoisotopic (exact) mass is 422 g/mol. The van der Waals surface area contributed by atoms with Gasteiger partial charge in [-0.2, -0.15) is 0 Å². The van der Waals surface area contributed by atoms with Crippen molar-refractivity contribution in [3.63, 3.8) is 0 Å². The predicted octanol–water partition coefficient (Wildman–Crippen LogP) is 3.30. The Morgan fingerprint density at radius 1 is 0.968 bits per heavy atom. The van der Waals surface area contributed by atoms with Gasteiger partial charge in [-0.1, -0.05) is 30.3 Å². The summed E-state index contributed by atoms with van der Waals surface area (Å²) < 4.78 is 0. The molecule has 0 radical (unpaired) electrons. The van der Waals surface area contributed by atoms with Crippen molar-refractivity contribution in [3.05, 3.63) is 95.8 Å². The number of benzene rings is 2. The fourth-order valence-electron chi connectivity index (χ4n) is 2.89. The minimum Gasteiger partial charge on any atom is -0.508 e. The van der Waals surface area contributed by atoms with Crippen molar-refractivity contribution >= 4 is 11.9 Å². The van der Waals surface area contributed by atoms with Crippen molar-refractivity contribution in [2.75, 3.05) is 13.2 Å². The first kappa shape index (κ1) is 23.6. The third-order valence-corrected chi connectivity index (χ3v) is 4.61. The fourth-order valence-corrected chi connectivity index (χ4v) is 2.89. The summed E-state index contributed by atoms with van der Waals surface area (Å²) in [5.41, 5.74) is 2.06. The Labute approximate surface area is 181 Å². The summed E-state index contributed by atoms with van der Waals surface area (Å²) >= 11 is 0. The van der Waals surface area contributed by atoms with Gasteiger partial charge in [-0.15, -0.1) is 0 Å². The number of aliphatic hydroxyl groups excluding tert-OH is 1. The number of aromatic hydroxyl groups is 1. The van der Waals surface area contributed by atoms with E-state index in [-0.39, 0.29) is 23.8 Å². The first-order valence-electron chi connectivity index (χ1n) is 9.82. The van der Waals surface area contributed by atoms with Gasteiger partial charge in [0.25, 0.3) is 0 Å². The van der Waals surface area contributed by atoms with Gasteiger partial charge >= 0.3 is 5.97 Å². The Bertz CT molecular complexity index is 947. The van der Waals surface area contributed by atoms with Gasteiger partial charge in [0.2, 0.25) is 5.91 Å². The molecule has 1 aromatic heterocycles. The largest absolute Gasteiger partial charge is 0.508 e. The van der Waals surface area contributed by atoms with Crippen LogP contribution in [0, 0.1) is 0 Å². The predicted molar refractivity (Wildman–Crippen MR) is 117 cm³/mol. The minimum absolute atomic E-state index is 0.0528. The molecule has 1 unspecified atom stereocenters. The number of hydrogen-bond donors (Lipinski definition) is 3. The Morgan fingerprint density at radius 2 is 1.58 bits per heavy atom. The second-order valence-corrected chi connectivity index (χ2v) is 6.71. The molecule has 0 aliphatic heterocycles. The van der Waals surface area contributed by atoms with E-state index in [9.17, 15) is 14.7 Å². The van der Waals surface area contributed by atoms with Gasteiger partial charge in [0.15, 0.2) is 0 Å². The number of phenols is 1. The molecule has 0 saturated heterocycles. The highest BCUT2D eigenvalue weighted by Gasteiger charge is 2.24. The van der Waals surface area contributed by atoms with E-state index in [1.54, 1.807) is 17.3 Å². The van der Waals surface area contributed by atoms with Crippen molar-refractivity contribution in [2.24, 2.45) is 0 Å². The number of carbonyl (C=O) groups excluding carboxylic acids is 1. The maximum atomic E-state index is 12.7.